The zero-order chi connectivity index (χ0) is 30.1. The molecule has 0 atom stereocenters. The number of morpholine rings is 1. The summed E-state index contributed by atoms with van der Waals surface area (Å²) in [6.07, 6.45) is 4.05. The molecule has 42 heavy (non-hydrogen) atoms. The van der Waals surface area contributed by atoms with E-state index >= 15 is 0 Å². The van der Waals surface area contributed by atoms with E-state index in [0.717, 1.165) is 32.7 Å². The predicted octanol–water partition coefficient (Wildman–Crippen LogP) is 3.99. The van der Waals surface area contributed by atoms with E-state index in [-0.39, 0.29) is 11.3 Å². The van der Waals surface area contributed by atoms with Crippen molar-refractivity contribution in [2.75, 3.05) is 74.8 Å². The highest BCUT2D eigenvalue weighted by Crippen LogP contribution is 2.42. The summed E-state index contributed by atoms with van der Waals surface area (Å²) >= 11 is 0. The molecule has 1 spiro atoms. The minimum absolute atomic E-state index is 0.120. The number of allylic oxidation sites excluding steroid dienone is 1. The molecule has 3 aromatic rings. The molecule has 0 unspecified atom stereocenters. The number of nitrogens with two attached hydrogens (primary N) is 1. The summed E-state index contributed by atoms with van der Waals surface area (Å²) in [5.41, 5.74) is 8.42. The predicted molar refractivity (Wildman–Crippen MR) is 166 cm³/mol. The fourth-order valence-electron chi connectivity index (χ4n) is 5.14. The summed E-state index contributed by atoms with van der Waals surface area (Å²) in [5, 5.41) is 2.92. The van der Waals surface area contributed by atoms with E-state index in [1.54, 1.807) is 37.5 Å². The van der Waals surface area contributed by atoms with Crippen LogP contribution in [0.15, 0.2) is 39.9 Å². The van der Waals surface area contributed by atoms with Crippen molar-refractivity contribution in [1.29, 1.82) is 0 Å². The number of hydrogen-bond donors (Lipinski definition) is 2. The highest BCUT2D eigenvalue weighted by molar-refractivity contribution is 6.10. The first-order valence-electron chi connectivity index (χ1n) is 14.7. The number of aromatic nitrogens is 3. The van der Waals surface area contributed by atoms with E-state index in [1.165, 1.54) is 6.20 Å². The largest absolute Gasteiger partial charge is 0.422 e. The average Bonchev–Trinajstić information content (AvgIpc) is 3.69. The Labute approximate surface area is 247 Å². The number of nitrogens with zero attached hydrogens (tertiary/aromatic N) is 6. The van der Waals surface area contributed by atoms with E-state index in [4.69, 9.17) is 24.6 Å². The Bertz CT molecular complexity index is 1400. The number of aliphatic imine (C=N–C) groups is 1. The van der Waals surface area contributed by atoms with Gasteiger partial charge in [-0.15, -0.1) is 0 Å². The lowest BCUT2D eigenvalue weighted by atomic mass is 9.79. The summed E-state index contributed by atoms with van der Waals surface area (Å²) < 4.78 is 17.1. The number of nitrogens with one attached hydrogen (secondary N) is 1. The first kappa shape index (κ1) is 30.9. The number of oxazole rings is 1. The molecule has 3 aliphatic rings. The third-order valence-electron chi connectivity index (χ3n) is 7.15. The van der Waals surface area contributed by atoms with Crippen LogP contribution in [0.2, 0.25) is 0 Å². The Hall–Kier alpha value is -4.03. The molecule has 6 heterocycles. The number of fused-ring (bicyclic) bond motifs is 1. The van der Waals surface area contributed by atoms with Gasteiger partial charge in [-0.05, 0) is 18.6 Å². The lowest BCUT2D eigenvalue weighted by molar-refractivity contribution is 0.102. The van der Waals surface area contributed by atoms with Gasteiger partial charge in [0.2, 0.25) is 5.65 Å². The van der Waals surface area contributed by atoms with E-state index in [2.05, 4.69) is 25.2 Å². The van der Waals surface area contributed by atoms with Gasteiger partial charge in [0.15, 0.2) is 5.58 Å². The third kappa shape index (κ3) is 6.55. The van der Waals surface area contributed by atoms with Gasteiger partial charge in [0.05, 0.1) is 31.1 Å². The molecule has 3 aromatic heterocycles. The summed E-state index contributed by atoms with van der Waals surface area (Å²) in [6, 6.07) is 7.54. The van der Waals surface area contributed by atoms with Crippen LogP contribution in [-0.2, 0) is 9.47 Å². The van der Waals surface area contributed by atoms with Crippen LogP contribution < -0.4 is 20.9 Å². The van der Waals surface area contributed by atoms with Crippen LogP contribution in [-0.4, -0.2) is 86.7 Å². The number of anilines is 3. The van der Waals surface area contributed by atoms with Crippen molar-refractivity contribution in [2.45, 2.75) is 34.1 Å². The summed E-state index contributed by atoms with van der Waals surface area (Å²) in [6.45, 7) is 13.6. The number of amides is 1. The van der Waals surface area contributed by atoms with Gasteiger partial charge in [-0.2, -0.15) is 4.98 Å². The van der Waals surface area contributed by atoms with Gasteiger partial charge in [0, 0.05) is 69.3 Å². The lowest BCUT2D eigenvalue weighted by Gasteiger charge is -2.48. The number of carbonyl (C=O) groups excluding carboxylic acids is 1. The second kappa shape index (κ2) is 14.2. The van der Waals surface area contributed by atoms with Crippen molar-refractivity contribution >= 4 is 46.6 Å². The molecule has 3 fully saturated rings. The molecule has 3 N–H and O–H groups in total. The first-order valence-corrected chi connectivity index (χ1v) is 14.7. The summed E-state index contributed by atoms with van der Waals surface area (Å²) in [4.78, 5) is 35.8. The summed E-state index contributed by atoms with van der Waals surface area (Å²) in [5.74, 6) is 0.624. The standard InChI is InChI=1S/C26H30N8O4.2C2H6/c1-28-13-17(12-27)19-3-2-4-21(29-19)30-24(35)18-11-20-22(32-25(38-20)33-6-9-36-10-7-33)31-23(18)34-14-26(15-34)5-8-37-16-26;2*1-2/h2-4,11-13H,5-10,14-16,27H2,1H3,(H,29,30,35);2*1-2H3/b17-12+,28-13?;;. The number of hydrogen-bond acceptors (Lipinski definition) is 11. The van der Waals surface area contributed by atoms with Crippen LogP contribution in [0.25, 0.3) is 16.8 Å². The highest BCUT2D eigenvalue weighted by Gasteiger charge is 2.47. The smallest absolute Gasteiger partial charge is 0.300 e. The molecule has 1 amide bonds. The Kier molecular flexibility index (Phi) is 10.5. The SMILES string of the molecule is CC.CC.CN=C/C(=C\N)c1cccc(NC(=O)c2cc3oc(N4CCOCC4)nc3nc2N2CC3(CCOC3)C2)n1. The molecule has 226 valence electrons. The maximum Gasteiger partial charge on any atom is 0.300 e. The minimum atomic E-state index is -0.338. The maximum absolute atomic E-state index is 13.6. The van der Waals surface area contributed by atoms with Crippen LogP contribution in [0.5, 0.6) is 0 Å². The monoisotopic (exact) mass is 578 g/mol. The van der Waals surface area contributed by atoms with Crippen molar-refractivity contribution in [3.05, 3.63) is 41.7 Å². The molecule has 0 aromatic carbocycles. The molecule has 0 saturated carbocycles. The normalized spacial score (nSPS) is 17.9. The Morgan fingerprint density at radius 1 is 1.05 bits per heavy atom. The topological polar surface area (TPSA) is 144 Å². The van der Waals surface area contributed by atoms with E-state index < -0.39 is 0 Å². The van der Waals surface area contributed by atoms with Gasteiger partial charge in [-0.25, -0.2) is 9.97 Å². The average molecular weight is 579 g/mol. The minimum Gasteiger partial charge on any atom is -0.422 e. The molecule has 12 heteroatoms. The van der Waals surface area contributed by atoms with Crippen LogP contribution >= 0.6 is 0 Å². The molecule has 6 rings (SSSR count). The summed E-state index contributed by atoms with van der Waals surface area (Å²) in [7, 11) is 1.66. The molecule has 0 aliphatic carbocycles. The number of ether oxygens (including phenoxy) is 2. The number of rotatable bonds is 6. The Morgan fingerprint density at radius 2 is 1.81 bits per heavy atom. The maximum atomic E-state index is 13.6. The fraction of sp³-hybridized carbons (Fsp3) is 0.500. The second-order valence-corrected chi connectivity index (χ2v) is 9.81. The zero-order valence-electron chi connectivity index (χ0n) is 25.2. The van der Waals surface area contributed by atoms with E-state index in [0.29, 0.717) is 72.0 Å². The Morgan fingerprint density at radius 3 is 2.48 bits per heavy atom. The van der Waals surface area contributed by atoms with Crippen molar-refractivity contribution in [2.24, 2.45) is 16.1 Å². The quantitative estimate of drug-likeness (QED) is 0.412. The molecular formula is C30H42N8O4. The van der Waals surface area contributed by atoms with Gasteiger partial charge in [-0.3, -0.25) is 9.79 Å². The third-order valence-corrected chi connectivity index (χ3v) is 7.15. The molecule has 3 saturated heterocycles. The molecule has 3 aliphatic heterocycles. The lowest BCUT2D eigenvalue weighted by Crippen LogP contribution is -2.57. The fourth-order valence-corrected chi connectivity index (χ4v) is 5.14. The van der Waals surface area contributed by atoms with Gasteiger partial charge in [0.25, 0.3) is 11.9 Å². The van der Waals surface area contributed by atoms with Gasteiger partial charge < -0.3 is 34.7 Å². The number of pyridine rings is 2. The van der Waals surface area contributed by atoms with Crippen molar-refractivity contribution < 1.29 is 18.7 Å². The van der Waals surface area contributed by atoms with E-state index in [9.17, 15) is 4.79 Å². The van der Waals surface area contributed by atoms with Gasteiger partial charge in [-0.1, -0.05) is 33.8 Å². The second-order valence-electron chi connectivity index (χ2n) is 9.81. The van der Waals surface area contributed by atoms with Gasteiger partial charge >= 0.3 is 0 Å². The molecular weight excluding hydrogens is 536 g/mol. The molecule has 0 radical (unpaired) electrons. The van der Waals surface area contributed by atoms with Crippen molar-refractivity contribution in [3.8, 4) is 0 Å². The Balaban J connectivity index is 0.000000972. The molecule has 12 nitrogen and oxygen atoms in total. The van der Waals surface area contributed by atoms with Crippen LogP contribution in [0, 0.1) is 5.41 Å². The van der Waals surface area contributed by atoms with Crippen molar-refractivity contribution in [1.82, 2.24) is 15.0 Å². The zero-order valence-corrected chi connectivity index (χ0v) is 25.2. The van der Waals surface area contributed by atoms with Crippen LogP contribution in [0.4, 0.5) is 17.7 Å². The van der Waals surface area contributed by atoms with Crippen LogP contribution in [0.1, 0.15) is 50.2 Å². The molecule has 0 bridgehead atoms. The van der Waals surface area contributed by atoms with E-state index in [1.807, 2.05) is 32.6 Å². The number of carbonyl (C=O) groups is 1. The highest BCUT2D eigenvalue weighted by atomic mass is 16.5. The van der Waals surface area contributed by atoms with Crippen molar-refractivity contribution in [3.63, 3.8) is 0 Å². The first-order chi connectivity index (χ1) is 20.6. The van der Waals surface area contributed by atoms with Crippen LogP contribution in [0.3, 0.4) is 0 Å². The van der Waals surface area contributed by atoms with Gasteiger partial charge in [0.1, 0.15) is 11.6 Å².